The Kier molecular flexibility index (Phi) is 5.28. The number of rotatable bonds is 7. The van der Waals surface area contributed by atoms with E-state index < -0.39 is 9.84 Å². The van der Waals surface area contributed by atoms with Crippen molar-refractivity contribution in [3.8, 4) is 11.4 Å². The van der Waals surface area contributed by atoms with E-state index in [1.165, 1.54) is 0 Å². The second kappa shape index (κ2) is 7.61. The summed E-state index contributed by atoms with van der Waals surface area (Å²) in [6.07, 6.45) is 1.31. The number of nitrogens with zero attached hydrogens (tertiary/aromatic N) is 2. The molecule has 0 radical (unpaired) electrons. The van der Waals surface area contributed by atoms with Crippen LogP contribution in [0.1, 0.15) is 23.4 Å². The van der Waals surface area contributed by atoms with Crippen LogP contribution in [0.3, 0.4) is 0 Å². The summed E-state index contributed by atoms with van der Waals surface area (Å²) in [5, 5.41) is 3.89. The molecule has 0 saturated carbocycles. The molecular formula is C19H20N2O3S. The van der Waals surface area contributed by atoms with E-state index in [4.69, 9.17) is 4.52 Å². The van der Waals surface area contributed by atoms with E-state index in [0.717, 1.165) is 23.1 Å². The summed E-state index contributed by atoms with van der Waals surface area (Å²) in [5.41, 5.74) is 3.03. The van der Waals surface area contributed by atoms with Crippen molar-refractivity contribution < 1.29 is 12.9 Å². The molecule has 0 aliphatic rings. The molecule has 0 fully saturated rings. The predicted molar refractivity (Wildman–Crippen MR) is 96.7 cm³/mol. The maximum absolute atomic E-state index is 12.3. The number of aryl methyl sites for hydroxylation is 2. The minimum absolute atomic E-state index is 0.101. The van der Waals surface area contributed by atoms with Gasteiger partial charge in [-0.1, -0.05) is 59.3 Å². The van der Waals surface area contributed by atoms with Crippen LogP contribution < -0.4 is 0 Å². The molecule has 6 heteroatoms. The summed E-state index contributed by atoms with van der Waals surface area (Å²) in [4.78, 5) is 4.22. The lowest BCUT2D eigenvalue weighted by atomic mass is 10.1. The second-order valence-corrected chi connectivity index (χ2v) is 8.25. The Balaban J connectivity index is 1.59. The number of hydrogen-bond donors (Lipinski definition) is 0. The van der Waals surface area contributed by atoms with Crippen molar-refractivity contribution in [1.29, 1.82) is 0 Å². The monoisotopic (exact) mass is 356 g/mol. The summed E-state index contributed by atoms with van der Waals surface area (Å²) < 4.78 is 29.6. The van der Waals surface area contributed by atoms with Crippen LogP contribution in [0.4, 0.5) is 0 Å². The van der Waals surface area contributed by atoms with Crippen molar-refractivity contribution in [2.24, 2.45) is 0 Å². The maximum Gasteiger partial charge on any atom is 0.242 e. The van der Waals surface area contributed by atoms with Crippen molar-refractivity contribution in [3.05, 3.63) is 71.6 Å². The van der Waals surface area contributed by atoms with Gasteiger partial charge >= 0.3 is 0 Å². The van der Waals surface area contributed by atoms with Gasteiger partial charge < -0.3 is 4.52 Å². The Morgan fingerprint density at radius 1 is 1.04 bits per heavy atom. The van der Waals surface area contributed by atoms with Crippen molar-refractivity contribution in [2.45, 2.75) is 25.5 Å². The molecule has 0 saturated heterocycles. The van der Waals surface area contributed by atoms with Gasteiger partial charge in [0.2, 0.25) is 11.7 Å². The molecule has 0 spiro atoms. The van der Waals surface area contributed by atoms with Crippen molar-refractivity contribution in [2.75, 3.05) is 5.75 Å². The molecule has 0 atom stereocenters. The molecule has 2 aromatic carbocycles. The highest BCUT2D eigenvalue weighted by molar-refractivity contribution is 7.90. The summed E-state index contributed by atoms with van der Waals surface area (Å²) in [5.74, 6) is 0.430. The standard InChI is InChI=1S/C19H20N2O3S/c1-15-7-5-11-17(13-15)19-20-18(24-21-19)14-25(22,23)12-6-10-16-8-3-2-4-9-16/h2-5,7-9,11,13H,6,10,12,14H2,1H3. The third-order valence-electron chi connectivity index (χ3n) is 3.85. The van der Waals surface area contributed by atoms with Gasteiger partial charge in [0.05, 0.1) is 5.75 Å². The third-order valence-corrected chi connectivity index (χ3v) is 5.45. The molecule has 5 nitrogen and oxygen atoms in total. The Hall–Kier alpha value is -2.47. The van der Waals surface area contributed by atoms with Crippen LogP contribution in [-0.2, 0) is 22.0 Å². The van der Waals surface area contributed by atoms with Gasteiger partial charge in [-0.05, 0) is 31.4 Å². The van der Waals surface area contributed by atoms with Crippen LogP contribution in [0.2, 0.25) is 0 Å². The molecule has 0 amide bonds. The predicted octanol–water partition coefficient (Wildman–Crippen LogP) is 3.59. The largest absolute Gasteiger partial charge is 0.338 e. The van der Waals surface area contributed by atoms with Gasteiger partial charge in [0, 0.05) is 5.56 Å². The van der Waals surface area contributed by atoms with Crippen molar-refractivity contribution in [1.82, 2.24) is 10.1 Å². The molecule has 0 aliphatic heterocycles. The maximum atomic E-state index is 12.3. The minimum atomic E-state index is -3.28. The van der Waals surface area contributed by atoms with E-state index in [-0.39, 0.29) is 17.4 Å². The molecule has 3 rings (SSSR count). The highest BCUT2D eigenvalue weighted by atomic mass is 32.2. The zero-order chi connectivity index (χ0) is 17.7. The quantitative estimate of drug-likeness (QED) is 0.647. The first kappa shape index (κ1) is 17.4. The van der Waals surface area contributed by atoms with Crippen LogP contribution in [-0.4, -0.2) is 24.3 Å². The molecule has 130 valence electrons. The normalized spacial score (nSPS) is 11.6. The van der Waals surface area contributed by atoms with E-state index in [9.17, 15) is 8.42 Å². The molecule has 3 aromatic rings. The Morgan fingerprint density at radius 2 is 1.84 bits per heavy atom. The highest BCUT2D eigenvalue weighted by Gasteiger charge is 2.18. The molecule has 0 unspecified atom stereocenters. The van der Waals surface area contributed by atoms with Crippen molar-refractivity contribution in [3.63, 3.8) is 0 Å². The lowest BCUT2D eigenvalue weighted by molar-refractivity contribution is 0.389. The first-order valence-electron chi connectivity index (χ1n) is 8.16. The lowest BCUT2D eigenvalue weighted by Gasteiger charge is -2.02. The number of sulfone groups is 1. The zero-order valence-corrected chi connectivity index (χ0v) is 14.9. The van der Waals surface area contributed by atoms with E-state index in [1.807, 2.05) is 61.5 Å². The third kappa shape index (κ3) is 5.00. The molecule has 1 aromatic heterocycles. The van der Waals surface area contributed by atoms with Crippen LogP contribution in [0.15, 0.2) is 59.1 Å². The summed E-state index contributed by atoms with van der Waals surface area (Å²) in [6, 6.07) is 17.5. The van der Waals surface area contributed by atoms with E-state index >= 15 is 0 Å². The Bertz CT molecular complexity index is 934. The fraction of sp³-hybridized carbons (Fsp3) is 0.263. The van der Waals surface area contributed by atoms with Crippen LogP contribution in [0, 0.1) is 6.92 Å². The smallest absolute Gasteiger partial charge is 0.242 e. The highest BCUT2D eigenvalue weighted by Crippen LogP contribution is 2.18. The molecule has 25 heavy (non-hydrogen) atoms. The summed E-state index contributed by atoms with van der Waals surface area (Å²) in [6.45, 7) is 1.97. The van der Waals surface area contributed by atoms with E-state index in [2.05, 4.69) is 10.1 Å². The average Bonchev–Trinajstić information content (AvgIpc) is 3.03. The number of benzene rings is 2. The van der Waals surface area contributed by atoms with Crippen molar-refractivity contribution >= 4 is 9.84 Å². The Morgan fingerprint density at radius 3 is 2.60 bits per heavy atom. The first-order valence-corrected chi connectivity index (χ1v) is 9.98. The molecule has 0 bridgehead atoms. The molecule has 0 N–H and O–H groups in total. The summed E-state index contributed by atoms with van der Waals surface area (Å²) >= 11 is 0. The van der Waals surface area contributed by atoms with E-state index in [0.29, 0.717) is 12.2 Å². The van der Waals surface area contributed by atoms with Crippen LogP contribution in [0.5, 0.6) is 0 Å². The fourth-order valence-electron chi connectivity index (χ4n) is 2.62. The van der Waals surface area contributed by atoms with Gasteiger partial charge in [-0.15, -0.1) is 0 Å². The van der Waals surface area contributed by atoms with Gasteiger partial charge in [0.15, 0.2) is 9.84 Å². The van der Waals surface area contributed by atoms with Gasteiger partial charge in [-0.25, -0.2) is 8.42 Å². The topological polar surface area (TPSA) is 73.1 Å². The SMILES string of the molecule is Cc1cccc(-c2noc(CS(=O)(=O)CCCc3ccccc3)n2)c1. The first-order chi connectivity index (χ1) is 12.0. The number of aromatic nitrogens is 2. The fourth-order valence-corrected chi connectivity index (χ4v) is 3.84. The van der Waals surface area contributed by atoms with Gasteiger partial charge in [-0.3, -0.25) is 0 Å². The Labute approximate surface area is 147 Å². The second-order valence-electron chi connectivity index (χ2n) is 6.06. The molecule has 0 aliphatic carbocycles. The average molecular weight is 356 g/mol. The summed E-state index contributed by atoms with van der Waals surface area (Å²) in [7, 11) is -3.28. The zero-order valence-electron chi connectivity index (χ0n) is 14.1. The van der Waals surface area contributed by atoms with Gasteiger partial charge in [0.25, 0.3) is 0 Å². The van der Waals surface area contributed by atoms with Crippen LogP contribution in [0.25, 0.3) is 11.4 Å². The van der Waals surface area contributed by atoms with Gasteiger partial charge in [-0.2, -0.15) is 4.98 Å². The molecular weight excluding hydrogens is 336 g/mol. The lowest BCUT2D eigenvalue weighted by Crippen LogP contribution is -2.10. The van der Waals surface area contributed by atoms with Crippen LogP contribution >= 0.6 is 0 Å². The van der Waals surface area contributed by atoms with Gasteiger partial charge in [0.1, 0.15) is 5.75 Å². The minimum Gasteiger partial charge on any atom is -0.338 e. The number of hydrogen-bond acceptors (Lipinski definition) is 5. The molecule has 1 heterocycles. The van der Waals surface area contributed by atoms with E-state index in [1.54, 1.807) is 0 Å².